The molecule has 0 spiro atoms. The summed E-state index contributed by atoms with van der Waals surface area (Å²) in [5, 5.41) is 0. The standard InChI is InChI=1S/C13H26N2O/c1-2-11-3-6-15(13(9-11)10-14)12-4-7-16-8-5-12/h11-13H,2-10,14H2,1H3. The van der Waals surface area contributed by atoms with Gasteiger partial charge in [0.1, 0.15) is 0 Å². The van der Waals surface area contributed by atoms with Crippen molar-refractivity contribution in [3.63, 3.8) is 0 Å². The Kier molecular flexibility index (Phi) is 4.62. The van der Waals surface area contributed by atoms with Gasteiger partial charge in [0.15, 0.2) is 0 Å². The molecular weight excluding hydrogens is 200 g/mol. The average molecular weight is 226 g/mol. The van der Waals surface area contributed by atoms with Gasteiger partial charge in [-0.3, -0.25) is 4.90 Å². The molecule has 0 aromatic rings. The fraction of sp³-hybridized carbons (Fsp3) is 1.00. The van der Waals surface area contributed by atoms with E-state index in [1.54, 1.807) is 0 Å². The summed E-state index contributed by atoms with van der Waals surface area (Å²) < 4.78 is 5.44. The molecule has 2 aliphatic heterocycles. The summed E-state index contributed by atoms with van der Waals surface area (Å²) in [5.74, 6) is 0.907. The molecule has 16 heavy (non-hydrogen) atoms. The lowest BCUT2D eigenvalue weighted by molar-refractivity contribution is -0.00296. The first kappa shape index (κ1) is 12.3. The van der Waals surface area contributed by atoms with Crippen LogP contribution in [0.2, 0.25) is 0 Å². The van der Waals surface area contributed by atoms with Crippen LogP contribution in [-0.4, -0.2) is 43.3 Å². The molecule has 2 atom stereocenters. The molecule has 2 unspecified atom stereocenters. The van der Waals surface area contributed by atoms with Crippen molar-refractivity contribution in [1.82, 2.24) is 4.90 Å². The van der Waals surface area contributed by atoms with Crippen LogP contribution in [0.1, 0.15) is 39.0 Å². The van der Waals surface area contributed by atoms with E-state index in [1.807, 2.05) is 0 Å². The van der Waals surface area contributed by atoms with Gasteiger partial charge in [0, 0.05) is 31.8 Å². The van der Waals surface area contributed by atoms with Gasteiger partial charge in [-0.25, -0.2) is 0 Å². The first-order chi connectivity index (χ1) is 7.85. The summed E-state index contributed by atoms with van der Waals surface area (Å²) in [6, 6.07) is 1.36. The molecule has 0 aromatic carbocycles. The molecule has 2 aliphatic rings. The number of piperidine rings is 1. The zero-order chi connectivity index (χ0) is 11.4. The lowest BCUT2D eigenvalue weighted by Gasteiger charge is -2.44. The number of hydrogen-bond donors (Lipinski definition) is 1. The Labute approximate surface area is 99.3 Å². The van der Waals surface area contributed by atoms with Gasteiger partial charge in [0.2, 0.25) is 0 Å². The van der Waals surface area contributed by atoms with Gasteiger partial charge in [-0.05, 0) is 38.1 Å². The van der Waals surface area contributed by atoms with E-state index in [0.29, 0.717) is 6.04 Å². The quantitative estimate of drug-likeness (QED) is 0.794. The molecule has 0 aliphatic carbocycles. The van der Waals surface area contributed by atoms with Crippen LogP contribution in [0.4, 0.5) is 0 Å². The van der Waals surface area contributed by atoms with E-state index in [-0.39, 0.29) is 0 Å². The van der Waals surface area contributed by atoms with Crippen LogP contribution in [0, 0.1) is 5.92 Å². The summed E-state index contributed by atoms with van der Waals surface area (Å²) in [7, 11) is 0. The molecule has 0 bridgehead atoms. The van der Waals surface area contributed by atoms with E-state index < -0.39 is 0 Å². The van der Waals surface area contributed by atoms with Crippen molar-refractivity contribution in [2.24, 2.45) is 11.7 Å². The van der Waals surface area contributed by atoms with Gasteiger partial charge in [0.25, 0.3) is 0 Å². The Morgan fingerprint density at radius 3 is 2.62 bits per heavy atom. The normalized spacial score (nSPS) is 34.1. The van der Waals surface area contributed by atoms with Crippen LogP contribution in [0.15, 0.2) is 0 Å². The molecular formula is C13H26N2O. The molecule has 2 rings (SSSR count). The summed E-state index contributed by atoms with van der Waals surface area (Å²) in [5.41, 5.74) is 5.94. The third-order valence-electron chi connectivity index (χ3n) is 4.38. The number of rotatable bonds is 3. The number of nitrogens with two attached hydrogens (primary N) is 1. The van der Waals surface area contributed by atoms with Crippen molar-refractivity contribution in [1.29, 1.82) is 0 Å². The van der Waals surface area contributed by atoms with E-state index in [2.05, 4.69) is 11.8 Å². The molecule has 94 valence electrons. The highest BCUT2D eigenvalue weighted by molar-refractivity contribution is 4.87. The molecule has 0 saturated carbocycles. The van der Waals surface area contributed by atoms with Crippen molar-refractivity contribution >= 4 is 0 Å². The maximum Gasteiger partial charge on any atom is 0.0480 e. The van der Waals surface area contributed by atoms with Gasteiger partial charge in [-0.2, -0.15) is 0 Å². The predicted octanol–water partition coefficient (Wildman–Crippen LogP) is 1.61. The van der Waals surface area contributed by atoms with Crippen molar-refractivity contribution in [3.8, 4) is 0 Å². The largest absolute Gasteiger partial charge is 0.381 e. The zero-order valence-electron chi connectivity index (χ0n) is 10.5. The zero-order valence-corrected chi connectivity index (χ0v) is 10.5. The van der Waals surface area contributed by atoms with Crippen LogP contribution in [0.25, 0.3) is 0 Å². The maximum absolute atomic E-state index is 5.94. The first-order valence-corrected chi connectivity index (χ1v) is 6.88. The highest BCUT2D eigenvalue weighted by Gasteiger charge is 2.32. The second-order valence-corrected chi connectivity index (χ2v) is 5.27. The van der Waals surface area contributed by atoms with Crippen molar-refractivity contribution in [2.45, 2.75) is 51.1 Å². The van der Waals surface area contributed by atoms with E-state index in [1.165, 1.54) is 38.6 Å². The average Bonchev–Trinajstić information content (AvgIpc) is 2.39. The highest BCUT2D eigenvalue weighted by Crippen LogP contribution is 2.29. The summed E-state index contributed by atoms with van der Waals surface area (Å²) in [6.07, 6.45) is 6.40. The summed E-state index contributed by atoms with van der Waals surface area (Å²) in [4.78, 5) is 2.68. The minimum atomic E-state index is 0.627. The van der Waals surface area contributed by atoms with Crippen molar-refractivity contribution < 1.29 is 4.74 Å². The Morgan fingerprint density at radius 2 is 2.00 bits per heavy atom. The number of hydrogen-bond acceptors (Lipinski definition) is 3. The molecule has 2 heterocycles. The topological polar surface area (TPSA) is 38.5 Å². The third kappa shape index (κ3) is 2.76. The molecule has 0 amide bonds. The van der Waals surface area contributed by atoms with Gasteiger partial charge < -0.3 is 10.5 Å². The number of nitrogens with zero attached hydrogens (tertiary/aromatic N) is 1. The van der Waals surface area contributed by atoms with Gasteiger partial charge >= 0.3 is 0 Å². The van der Waals surface area contributed by atoms with Crippen LogP contribution in [0.3, 0.4) is 0 Å². The molecule has 3 heteroatoms. The number of likely N-dealkylation sites (tertiary alicyclic amines) is 1. The van der Waals surface area contributed by atoms with Gasteiger partial charge in [-0.1, -0.05) is 13.3 Å². The van der Waals surface area contributed by atoms with Gasteiger partial charge in [0.05, 0.1) is 0 Å². The molecule has 2 fully saturated rings. The monoisotopic (exact) mass is 226 g/mol. The SMILES string of the molecule is CCC1CCN(C2CCOCC2)C(CN)C1. The van der Waals surface area contributed by atoms with E-state index >= 15 is 0 Å². The Balaban J connectivity index is 1.92. The first-order valence-electron chi connectivity index (χ1n) is 6.88. The second-order valence-electron chi connectivity index (χ2n) is 5.27. The highest BCUT2D eigenvalue weighted by atomic mass is 16.5. The second kappa shape index (κ2) is 5.99. The van der Waals surface area contributed by atoms with Crippen LogP contribution < -0.4 is 5.73 Å². The lowest BCUT2D eigenvalue weighted by atomic mass is 9.87. The minimum Gasteiger partial charge on any atom is -0.381 e. The Morgan fingerprint density at radius 1 is 1.25 bits per heavy atom. The van der Waals surface area contributed by atoms with E-state index in [9.17, 15) is 0 Å². The molecule has 2 saturated heterocycles. The third-order valence-corrected chi connectivity index (χ3v) is 4.38. The Hall–Kier alpha value is -0.120. The molecule has 2 N–H and O–H groups in total. The Bertz CT molecular complexity index is 204. The molecule has 0 aromatic heterocycles. The summed E-state index contributed by atoms with van der Waals surface area (Å²) >= 11 is 0. The van der Waals surface area contributed by atoms with Crippen LogP contribution >= 0.6 is 0 Å². The van der Waals surface area contributed by atoms with E-state index in [0.717, 1.165) is 31.7 Å². The lowest BCUT2D eigenvalue weighted by Crippen LogP contribution is -2.52. The molecule has 3 nitrogen and oxygen atoms in total. The fourth-order valence-electron chi connectivity index (χ4n) is 3.25. The van der Waals surface area contributed by atoms with Crippen molar-refractivity contribution in [3.05, 3.63) is 0 Å². The van der Waals surface area contributed by atoms with E-state index in [4.69, 9.17) is 10.5 Å². The van der Waals surface area contributed by atoms with Crippen LogP contribution in [-0.2, 0) is 4.74 Å². The predicted molar refractivity (Wildman–Crippen MR) is 66.4 cm³/mol. The maximum atomic E-state index is 5.94. The fourth-order valence-corrected chi connectivity index (χ4v) is 3.25. The molecule has 0 radical (unpaired) electrons. The summed E-state index contributed by atoms with van der Waals surface area (Å²) in [6.45, 7) is 6.27. The van der Waals surface area contributed by atoms with Gasteiger partial charge in [-0.15, -0.1) is 0 Å². The smallest absolute Gasteiger partial charge is 0.0480 e. The minimum absolute atomic E-state index is 0.627. The van der Waals surface area contributed by atoms with Crippen LogP contribution in [0.5, 0.6) is 0 Å². The number of ether oxygens (including phenoxy) is 1. The van der Waals surface area contributed by atoms with Crippen molar-refractivity contribution in [2.75, 3.05) is 26.3 Å².